The van der Waals surface area contributed by atoms with Crippen LogP contribution in [-0.4, -0.2) is 33.2 Å². The number of methoxy groups -OCH3 is 1. The number of nitrogens with one attached hydrogen (secondary N) is 1. The summed E-state index contributed by atoms with van der Waals surface area (Å²) >= 11 is 0. The van der Waals surface area contributed by atoms with Gasteiger partial charge in [-0.2, -0.15) is 0 Å². The van der Waals surface area contributed by atoms with Crippen LogP contribution in [0.1, 0.15) is 11.3 Å². The molecule has 1 aromatic carbocycles. The highest BCUT2D eigenvalue weighted by atomic mass is 16.5. The molecule has 0 aliphatic rings. The number of pyridine rings is 1. The molecule has 27 heavy (non-hydrogen) atoms. The Balaban J connectivity index is 1.53. The lowest BCUT2D eigenvalue weighted by atomic mass is 10.1. The number of anilines is 1. The summed E-state index contributed by atoms with van der Waals surface area (Å²) in [6.45, 7) is 2.80. The van der Waals surface area contributed by atoms with Gasteiger partial charge in [-0.1, -0.05) is 18.2 Å². The van der Waals surface area contributed by atoms with Crippen LogP contribution in [0, 0.1) is 6.92 Å². The molecule has 3 heterocycles. The van der Waals surface area contributed by atoms with Gasteiger partial charge in [0.05, 0.1) is 19.0 Å². The van der Waals surface area contributed by atoms with Crippen LogP contribution in [0.15, 0.2) is 60.9 Å². The second-order valence-electron chi connectivity index (χ2n) is 6.37. The Morgan fingerprint density at radius 1 is 1.04 bits per heavy atom. The largest absolute Gasteiger partial charge is 0.497 e. The summed E-state index contributed by atoms with van der Waals surface area (Å²) in [5.41, 5.74) is 4.97. The van der Waals surface area contributed by atoms with Crippen LogP contribution >= 0.6 is 0 Å². The van der Waals surface area contributed by atoms with Gasteiger partial charge in [0.15, 0.2) is 5.65 Å². The highest BCUT2D eigenvalue weighted by molar-refractivity contribution is 5.65. The summed E-state index contributed by atoms with van der Waals surface area (Å²) in [7, 11) is 1.66. The van der Waals surface area contributed by atoms with Gasteiger partial charge in [0.2, 0.25) is 0 Å². The number of hydrogen-bond acceptors (Lipinski definition) is 5. The lowest BCUT2D eigenvalue weighted by molar-refractivity contribution is 0.415. The monoisotopic (exact) mass is 359 g/mol. The van der Waals surface area contributed by atoms with Gasteiger partial charge < -0.3 is 10.1 Å². The molecule has 0 atom stereocenters. The number of nitrogens with zero attached hydrogens (tertiary/aromatic N) is 4. The molecule has 0 saturated carbocycles. The maximum Gasteiger partial charge on any atom is 0.154 e. The van der Waals surface area contributed by atoms with Gasteiger partial charge in [0.1, 0.15) is 11.6 Å². The van der Waals surface area contributed by atoms with Gasteiger partial charge in [0, 0.05) is 30.4 Å². The van der Waals surface area contributed by atoms with Crippen LogP contribution < -0.4 is 10.1 Å². The molecule has 0 spiro atoms. The van der Waals surface area contributed by atoms with Crippen LogP contribution in [0.4, 0.5) is 5.82 Å². The number of ether oxygens (including phenoxy) is 1. The van der Waals surface area contributed by atoms with Crippen LogP contribution in [0.2, 0.25) is 0 Å². The van der Waals surface area contributed by atoms with E-state index in [1.807, 2.05) is 60.2 Å². The zero-order valence-electron chi connectivity index (χ0n) is 15.4. The van der Waals surface area contributed by atoms with Gasteiger partial charge >= 0.3 is 0 Å². The summed E-state index contributed by atoms with van der Waals surface area (Å²) in [5, 5.41) is 8.06. The zero-order valence-corrected chi connectivity index (χ0v) is 15.4. The van der Waals surface area contributed by atoms with Crippen molar-refractivity contribution in [2.75, 3.05) is 19.0 Å². The van der Waals surface area contributed by atoms with Crippen LogP contribution in [0.25, 0.3) is 16.9 Å². The third kappa shape index (κ3) is 3.74. The van der Waals surface area contributed by atoms with E-state index < -0.39 is 0 Å². The van der Waals surface area contributed by atoms with Crippen LogP contribution in [0.5, 0.6) is 5.75 Å². The molecule has 0 saturated heterocycles. The van der Waals surface area contributed by atoms with E-state index in [0.717, 1.165) is 47.1 Å². The van der Waals surface area contributed by atoms with Crippen LogP contribution in [-0.2, 0) is 6.42 Å². The molecule has 136 valence electrons. The molecule has 3 aromatic heterocycles. The van der Waals surface area contributed by atoms with E-state index in [0.29, 0.717) is 0 Å². The van der Waals surface area contributed by atoms with Crippen molar-refractivity contribution in [3.63, 3.8) is 0 Å². The first-order chi connectivity index (χ1) is 13.2. The second kappa shape index (κ2) is 7.45. The van der Waals surface area contributed by atoms with E-state index in [2.05, 4.69) is 27.4 Å². The van der Waals surface area contributed by atoms with E-state index in [-0.39, 0.29) is 0 Å². The average molecular weight is 359 g/mol. The standard InChI is InChI=1S/C21H21N5O/c1-15-6-7-17(23-13-15)10-11-22-20-8-9-21-24-14-19(26(21)25-20)16-4-3-5-18(12-16)27-2/h3-9,12-14H,10-11H2,1-2H3,(H,22,25). The molecule has 0 fully saturated rings. The zero-order chi connectivity index (χ0) is 18.6. The van der Waals surface area contributed by atoms with E-state index in [9.17, 15) is 0 Å². The Morgan fingerprint density at radius 2 is 1.96 bits per heavy atom. The first kappa shape index (κ1) is 17.0. The predicted octanol–water partition coefficient (Wildman–Crippen LogP) is 3.76. The van der Waals surface area contributed by atoms with Crippen molar-refractivity contribution in [1.29, 1.82) is 0 Å². The van der Waals surface area contributed by atoms with Crippen LogP contribution in [0.3, 0.4) is 0 Å². The van der Waals surface area contributed by atoms with Crippen molar-refractivity contribution in [1.82, 2.24) is 19.6 Å². The summed E-state index contributed by atoms with van der Waals surface area (Å²) < 4.78 is 7.17. The highest BCUT2D eigenvalue weighted by Gasteiger charge is 2.09. The molecular weight excluding hydrogens is 338 g/mol. The number of hydrogen-bond donors (Lipinski definition) is 1. The number of imidazole rings is 1. The fourth-order valence-corrected chi connectivity index (χ4v) is 2.91. The van der Waals surface area contributed by atoms with E-state index >= 15 is 0 Å². The maximum atomic E-state index is 5.32. The normalized spacial score (nSPS) is 10.9. The van der Waals surface area contributed by atoms with Crippen molar-refractivity contribution in [2.45, 2.75) is 13.3 Å². The molecular formula is C21H21N5O. The second-order valence-corrected chi connectivity index (χ2v) is 6.37. The molecule has 6 heteroatoms. The van der Waals surface area contributed by atoms with Gasteiger partial charge in [0.25, 0.3) is 0 Å². The summed E-state index contributed by atoms with van der Waals surface area (Å²) in [6.07, 6.45) is 4.56. The molecule has 0 amide bonds. The Hall–Kier alpha value is -3.41. The number of rotatable bonds is 6. The van der Waals surface area contributed by atoms with Gasteiger partial charge in [-0.05, 0) is 42.8 Å². The van der Waals surface area contributed by atoms with Gasteiger partial charge in [-0.25, -0.2) is 9.50 Å². The van der Waals surface area contributed by atoms with Crippen molar-refractivity contribution in [2.24, 2.45) is 0 Å². The molecule has 0 radical (unpaired) electrons. The molecule has 6 nitrogen and oxygen atoms in total. The van der Waals surface area contributed by atoms with Crippen molar-refractivity contribution < 1.29 is 4.74 Å². The molecule has 4 rings (SSSR count). The quantitative estimate of drug-likeness (QED) is 0.568. The Morgan fingerprint density at radius 3 is 2.78 bits per heavy atom. The van der Waals surface area contributed by atoms with Crippen molar-refractivity contribution in [3.8, 4) is 17.0 Å². The molecule has 0 aliphatic carbocycles. The SMILES string of the molecule is COc1cccc(-c2cnc3ccc(NCCc4ccc(C)cn4)nn23)c1. The lowest BCUT2D eigenvalue weighted by Crippen LogP contribution is -2.09. The number of aryl methyl sites for hydroxylation is 1. The summed E-state index contributed by atoms with van der Waals surface area (Å²) in [4.78, 5) is 8.88. The Kier molecular flexibility index (Phi) is 4.70. The minimum absolute atomic E-state index is 0.762. The first-order valence-corrected chi connectivity index (χ1v) is 8.87. The number of benzene rings is 1. The molecule has 0 unspecified atom stereocenters. The topological polar surface area (TPSA) is 64.3 Å². The molecule has 1 N–H and O–H groups in total. The Labute approximate surface area is 157 Å². The molecule has 4 aromatic rings. The fourth-order valence-electron chi connectivity index (χ4n) is 2.91. The summed E-state index contributed by atoms with van der Waals surface area (Å²) in [6, 6.07) is 15.9. The molecule has 0 bridgehead atoms. The average Bonchev–Trinajstić information content (AvgIpc) is 3.13. The Bertz CT molecular complexity index is 1060. The maximum absolute atomic E-state index is 5.32. The molecule has 0 aliphatic heterocycles. The first-order valence-electron chi connectivity index (χ1n) is 8.87. The van der Waals surface area contributed by atoms with E-state index in [1.165, 1.54) is 5.56 Å². The predicted molar refractivity (Wildman–Crippen MR) is 106 cm³/mol. The van der Waals surface area contributed by atoms with Crippen molar-refractivity contribution >= 4 is 11.5 Å². The van der Waals surface area contributed by atoms with E-state index in [1.54, 1.807) is 7.11 Å². The lowest BCUT2D eigenvalue weighted by Gasteiger charge is -2.08. The fraction of sp³-hybridized carbons (Fsp3) is 0.190. The number of aromatic nitrogens is 4. The highest BCUT2D eigenvalue weighted by Crippen LogP contribution is 2.24. The smallest absolute Gasteiger partial charge is 0.154 e. The summed E-state index contributed by atoms with van der Waals surface area (Å²) in [5.74, 6) is 1.61. The minimum atomic E-state index is 0.762. The minimum Gasteiger partial charge on any atom is -0.497 e. The van der Waals surface area contributed by atoms with Gasteiger partial charge in [-0.3, -0.25) is 4.98 Å². The van der Waals surface area contributed by atoms with Gasteiger partial charge in [-0.15, -0.1) is 5.10 Å². The third-order valence-electron chi connectivity index (χ3n) is 4.39. The van der Waals surface area contributed by atoms with Crippen molar-refractivity contribution in [3.05, 3.63) is 72.2 Å². The van der Waals surface area contributed by atoms with E-state index in [4.69, 9.17) is 9.84 Å². The number of fused-ring (bicyclic) bond motifs is 1. The third-order valence-corrected chi connectivity index (χ3v) is 4.39.